The quantitative estimate of drug-likeness (QED) is 0.627. The number of nitro groups is 1. The molecule has 2 aromatic rings. The molecule has 28 heavy (non-hydrogen) atoms. The number of carbonyl (C=O) groups is 2. The highest BCUT2D eigenvalue weighted by molar-refractivity contribution is 5.92. The molecule has 2 amide bonds. The van der Waals surface area contributed by atoms with Crippen LogP contribution in [0.25, 0.3) is 0 Å². The molecule has 1 fully saturated rings. The van der Waals surface area contributed by atoms with Crippen molar-refractivity contribution in [2.45, 2.75) is 33.2 Å². The Hall–Kier alpha value is -3.23. The number of hydrogen-bond acceptors (Lipinski definition) is 5. The first-order chi connectivity index (χ1) is 13.4. The van der Waals surface area contributed by atoms with Crippen molar-refractivity contribution in [3.05, 3.63) is 51.8 Å². The second-order valence-corrected chi connectivity index (χ2v) is 6.94. The van der Waals surface area contributed by atoms with Crippen molar-refractivity contribution in [1.82, 2.24) is 14.7 Å². The maximum atomic E-state index is 12.6. The molecule has 0 spiro atoms. The SMILES string of the molecule is Cc1nn(CC(=O)N2CCC(C(=O)Nc3ccccc3)CC2)c(C)c1[N+](=O)[O-]. The summed E-state index contributed by atoms with van der Waals surface area (Å²) < 4.78 is 1.38. The third kappa shape index (κ3) is 4.19. The second kappa shape index (κ2) is 8.20. The number of rotatable bonds is 5. The zero-order chi connectivity index (χ0) is 20.3. The Balaban J connectivity index is 1.55. The smallest absolute Gasteiger partial charge is 0.312 e. The number of anilines is 1. The molecular weight excluding hydrogens is 362 g/mol. The fourth-order valence-electron chi connectivity index (χ4n) is 3.49. The molecule has 1 aromatic carbocycles. The molecule has 148 valence electrons. The van der Waals surface area contributed by atoms with Gasteiger partial charge in [-0.25, -0.2) is 0 Å². The monoisotopic (exact) mass is 385 g/mol. The standard InChI is InChI=1S/C19H23N5O4/c1-13-18(24(27)28)14(2)23(21-13)12-17(25)22-10-8-15(9-11-22)19(26)20-16-6-4-3-5-7-16/h3-7,15H,8-12H2,1-2H3,(H,20,26). The predicted octanol–water partition coefficient (Wildman–Crippen LogP) is 2.29. The minimum atomic E-state index is -0.477. The number of amides is 2. The molecule has 1 saturated heterocycles. The van der Waals surface area contributed by atoms with Crippen LogP contribution in [0.2, 0.25) is 0 Å². The van der Waals surface area contributed by atoms with Gasteiger partial charge in [0.25, 0.3) is 0 Å². The van der Waals surface area contributed by atoms with Gasteiger partial charge in [0.1, 0.15) is 17.9 Å². The summed E-state index contributed by atoms with van der Waals surface area (Å²) in [5.74, 6) is -0.325. The molecule has 9 heteroatoms. The van der Waals surface area contributed by atoms with E-state index >= 15 is 0 Å². The fraction of sp³-hybridized carbons (Fsp3) is 0.421. The van der Waals surface area contributed by atoms with Crippen molar-refractivity contribution in [3.63, 3.8) is 0 Å². The molecule has 1 N–H and O–H groups in total. The lowest BCUT2D eigenvalue weighted by Crippen LogP contribution is -2.43. The summed E-state index contributed by atoms with van der Waals surface area (Å²) in [5.41, 5.74) is 1.38. The van der Waals surface area contributed by atoms with Crippen LogP contribution in [0.5, 0.6) is 0 Å². The van der Waals surface area contributed by atoms with Gasteiger partial charge in [-0.3, -0.25) is 24.4 Å². The summed E-state index contributed by atoms with van der Waals surface area (Å²) in [5, 5.41) is 18.1. The number of benzene rings is 1. The summed E-state index contributed by atoms with van der Waals surface area (Å²) in [6, 6.07) is 9.28. The third-order valence-electron chi connectivity index (χ3n) is 5.07. The van der Waals surface area contributed by atoms with Gasteiger partial charge in [0, 0.05) is 24.7 Å². The lowest BCUT2D eigenvalue weighted by molar-refractivity contribution is -0.386. The van der Waals surface area contributed by atoms with Gasteiger partial charge in [-0.2, -0.15) is 5.10 Å². The highest BCUT2D eigenvalue weighted by atomic mass is 16.6. The van der Waals surface area contributed by atoms with Crippen LogP contribution in [0.15, 0.2) is 30.3 Å². The summed E-state index contributed by atoms with van der Waals surface area (Å²) in [4.78, 5) is 37.3. The zero-order valence-electron chi connectivity index (χ0n) is 15.9. The van der Waals surface area contributed by atoms with E-state index in [1.807, 2.05) is 30.3 Å². The third-order valence-corrected chi connectivity index (χ3v) is 5.07. The van der Waals surface area contributed by atoms with Crippen molar-refractivity contribution >= 4 is 23.2 Å². The number of likely N-dealkylation sites (tertiary alicyclic amines) is 1. The van der Waals surface area contributed by atoms with Gasteiger partial charge < -0.3 is 10.2 Å². The zero-order valence-corrected chi connectivity index (χ0v) is 15.9. The fourth-order valence-corrected chi connectivity index (χ4v) is 3.49. The van der Waals surface area contributed by atoms with Crippen molar-refractivity contribution in [2.24, 2.45) is 5.92 Å². The van der Waals surface area contributed by atoms with Crippen molar-refractivity contribution in [2.75, 3.05) is 18.4 Å². The van der Waals surface area contributed by atoms with Gasteiger partial charge in [0.15, 0.2) is 0 Å². The van der Waals surface area contributed by atoms with Crippen LogP contribution in [0.1, 0.15) is 24.2 Å². The average molecular weight is 385 g/mol. The number of piperidine rings is 1. The molecule has 0 unspecified atom stereocenters. The first-order valence-corrected chi connectivity index (χ1v) is 9.19. The van der Waals surface area contributed by atoms with Gasteiger partial charge >= 0.3 is 5.69 Å². The van der Waals surface area contributed by atoms with E-state index in [2.05, 4.69) is 10.4 Å². The Morgan fingerprint density at radius 3 is 2.43 bits per heavy atom. The Labute approximate surface area is 162 Å². The van der Waals surface area contributed by atoms with Crippen LogP contribution in [0.4, 0.5) is 11.4 Å². The van der Waals surface area contributed by atoms with Gasteiger partial charge in [0.05, 0.1) is 4.92 Å². The number of nitrogens with zero attached hydrogens (tertiary/aromatic N) is 4. The van der Waals surface area contributed by atoms with E-state index in [1.54, 1.807) is 18.7 Å². The molecular formula is C19H23N5O4. The maximum Gasteiger partial charge on any atom is 0.312 e. The van der Waals surface area contributed by atoms with E-state index in [9.17, 15) is 19.7 Å². The Morgan fingerprint density at radius 2 is 1.86 bits per heavy atom. The molecule has 0 saturated carbocycles. The summed E-state index contributed by atoms with van der Waals surface area (Å²) in [6.07, 6.45) is 1.17. The number of carbonyl (C=O) groups excluding carboxylic acids is 2. The molecule has 0 aliphatic carbocycles. The Morgan fingerprint density at radius 1 is 1.21 bits per heavy atom. The van der Waals surface area contributed by atoms with Gasteiger partial charge in [-0.1, -0.05) is 18.2 Å². The highest BCUT2D eigenvalue weighted by Gasteiger charge is 2.29. The molecule has 0 atom stereocenters. The Kier molecular flexibility index (Phi) is 5.72. The van der Waals surface area contributed by atoms with E-state index in [0.29, 0.717) is 37.3 Å². The van der Waals surface area contributed by atoms with Gasteiger partial charge in [0.2, 0.25) is 11.8 Å². The van der Waals surface area contributed by atoms with Crippen LogP contribution in [-0.4, -0.2) is 44.5 Å². The lowest BCUT2D eigenvalue weighted by Gasteiger charge is -2.31. The minimum absolute atomic E-state index is 0.0348. The minimum Gasteiger partial charge on any atom is -0.341 e. The summed E-state index contributed by atoms with van der Waals surface area (Å²) in [6.45, 7) is 4.07. The molecule has 2 heterocycles. The normalized spacial score (nSPS) is 14.7. The first-order valence-electron chi connectivity index (χ1n) is 9.19. The van der Waals surface area contributed by atoms with Crippen LogP contribution in [-0.2, 0) is 16.1 Å². The average Bonchev–Trinajstić information content (AvgIpc) is 2.96. The molecule has 3 rings (SSSR count). The molecule has 9 nitrogen and oxygen atoms in total. The van der Waals surface area contributed by atoms with E-state index in [-0.39, 0.29) is 30.0 Å². The number of para-hydroxylation sites is 1. The summed E-state index contributed by atoms with van der Waals surface area (Å²) in [7, 11) is 0. The lowest BCUT2D eigenvalue weighted by atomic mass is 9.95. The van der Waals surface area contributed by atoms with E-state index in [4.69, 9.17) is 0 Å². The topological polar surface area (TPSA) is 110 Å². The van der Waals surface area contributed by atoms with E-state index in [1.165, 1.54) is 4.68 Å². The number of hydrogen-bond donors (Lipinski definition) is 1. The van der Waals surface area contributed by atoms with Gasteiger partial charge in [-0.15, -0.1) is 0 Å². The van der Waals surface area contributed by atoms with Crippen LogP contribution < -0.4 is 5.32 Å². The highest BCUT2D eigenvalue weighted by Crippen LogP contribution is 2.23. The number of aryl methyl sites for hydroxylation is 1. The Bertz CT molecular complexity index is 885. The largest absolute Gasteiger partial charge is 0.341 e. The molecule has 1 aromatic heterocycles. The number of nitrogens with one attached hydrogen (secondary N) is 1. The number of aromatic nitrogens is 2. The van der Waals surface area contributed by atoms with E-state index < -0.39 is 4.92 Å². The van der Waals surface area contributed by atoms with Crippen molar-refractivity contribution in [1.29, 1.82) is 0 Å². The molecule has 1 aliphatic heterocycles. The maximum absolute atomic E-state index is 12.6. The van der Waals surface area contributed by atoms with Crippen molar-refractivity contribution < 1.29 is 14.5 Å². The summed E-state index contributed by atoms with van der Waals surface area (Å²) >= 11 is 0. The predicted molar refractivity (Wildman–Crippen MR) is 103 cm³/mol. The van der Waals surface area contributed by atoms with Crippen molar-refractivity contribution in [3.8, 4) is 0 Å². The molecule has 0 radical (unpaired) electrons. The van der Waals surface area contributed by atoms with Crippen LogP contribution >= 0.6 is 0 Å². The molecule has 1 aliphatic rings. The van der Waals surface area contributed by atoms with Crippen LogP contribution in [0.3, 0.4) is 0 Å². The van der Waals surface area contributed by atoms with Gasteiger partial charge in [-0.05, 0) is 38.8 Å². The first kappa shape index (κ1) is 19.5. The second-order valence-electron chi connectivity index (χ2n) is 6.94. The van der Waals surface area contributed by atoms with E-state index in [0.717, 1.165) is 5.69 Å². The molecule has 0 bridgehead atoms. The van der Waals surface area contributed by atoms with Crippen LogP contribution in [0, 0.1) is 29.9 Å².